The second-order valence-corrected chi connectivity index (χ2v) is 8.08. The third-order valence-electron chi connectivity index (χ3n) is 3.99. The molecule has 2 aromatic carbocycles. The molecule has 0 bridgehead atoms. The van der Waals surface area contributed by atoms with Gasteiger partial charge < -0.3 is 9.47 Å². The maximum Gasteiger partial charge on any atom is 0.293 e. The lowest BCUT2D eigenvalue weighted by molar-refractivity contribution is -0.123. The fourth-order valence-corrected chi connectivity index (χ4v) is 4.26. The summed E-state index contributed by atoms with van der Waals surface area (Å²) in [6, 6.07) is 10.9. The Morgan fingerprint density at radius 3 is 2.68 bits per heavy atom. The van der Waals surface area contributed by atoms with Gasteiger partial charge in [-0.05, 0) is 54.1 Å². The average Bonchev–Trinajstić information content (AvgIpc) is 2.91. The van der Waals surface area contributed by atoms with Gasteiger partial charge in [0, 0.05) is 4.47 Å². The molecule has 1 fully saturated rings. The number of benzene rings is 2. The summed E-state index contributed by atoms with van der Waals surface area (Å²) in [4.78, 5) is 26.7. The summed E-state index contributed by atoms with van der Waals surface area (Å²) in [5, 5.41) is 0.0591. The van der Waals surface area contributed by atoms with Crippen LogP contribution in [0.1, 0.15) is 18.1 Å². The van der Waals surface area contributed by atoms with Crippen molar-refractivity contribution >= 4 is 56.5 Å². The van der Waals surface area contributed by atoms with Gasteiger partial charge in [-0.15, -0.1) is 0 Å². The average molecular weight is 483 g/mol. The van der Waals surface area contributed by atoms with E-state index in [2.05, 4.69) is 15.9 Å². The van der Waals surface area contributed by atoms with E-state index in [4.69, 9.17) is 21.1 Å². The first-order valence-corrected chi connectivity index (χ1v) is 10.4. The molecule has 0 N–H and O–H groups in total. The van der Waals surface area contributed by atoms with Gasteiger partial charge >= 0.3 is 0 Å². The summed E-state index contributed by atoms with van der Waals surface area (Å²) < 4.78 is 11.7. The van der Waals surface area contributed by atoms with Gasteiger partial charge in [-0.2, -0.15) is 0 Å². The number of halogens is 2. The quantitative estimate of drug-likeness (QED) is 0.491. The molecule has 8 heteroatoms. The molecule has 1 aliphatic rings. The standard InChI is InChI=1S/C20H17BrClNO4S/c1-3-27-16-9-12(8-15(22)18(16)26-2)10-17-19(24)23(20(25)28-17)11-13-6-4-5-7-14(13)21/h4-10H,3,11H2,1-2H3/b17-10-. The van der Waals surface area contributed by atoms with Gasteiger partial charge in [-0.3, -0.25) is 14.5 Å². The van der Waals surface area contributed by atoms with Crippen LogP contribution in [0, 0.1) is 0 Å². The third kappa shape index (κ3) is 4.37. The highest BCUT2D eigenvalue weighted by Gasteiger charge is 2.35. The van der Waals surface area contributed by atoms with Crippen molar-refractivity contribution in [1.82, 2.24) is 4.90 Å². The number of imide groups is 1. The zero-order valence-corrected chi connectivity index (χ0v) is 18.4. The van der Waals surface area contributed by atoms with Gasteiger partial charge in [-0.25, -0.2) is 0 Å². The Morgan fingerprint density at radius 1 is 1.25 bits per heavy atom. The van der Waals surface area contributed by atoms with E-state index in [0.717, 1.165) is 21.8 Å². The van der Waals surface area contributed by atoms with E-state index in [1.807, 2.05) is 31.2 Å². The third-order valence-corrected chi connectivity index (χ3v) is 5.96. The fraction of sp³-hybridized carbons (Fsp3) is 0.200. The number of thioether (sulfide) groups is 1. The summed E-state index contributed by atoms with van der Waals surface area (Å²) in [6.45, 7) is 2.50. The lowest BCUT2D eigenvalue weighted by atomic mass is 10.1. The van der Waals surface area contributed by atoms with Crippen molar-refractivity contribution < 1.29 is 19.1 Å². The molecule has 1 aliphatic heterocycles. The van der Waals surface area contributed by atoms with Crippen molar-refractivity contribution in [3.05, 3.63) is 61.9 Å². The summed E-state index contributed by atoms with van der Waals surface area (Å²) >= 11 is 10.6. The van der Waals surface area contributed by atoms with Crippen LogP contribution in [0.2, 0.25) is 5.02 Å². The highest BCUT2D eigenvalue weighted by Crippen LogP contribution is 2.39. The maximum atomic E-state index is 12.8. The monoisotopic (exact) mass is 481 g/mol. The largest absolute Gasteiger partial charge is 0.491 e. The molecular formula is C20H17BrClNO4S. The van der Waals surface area contributed by atoms with Gasteiger partial charge in [0.25, 0.3) is 11.1 Å². The molecule has 28 heavy (non-hydrogen) atoms. The molecule has 5 nitrogen and oxygen atoms in total. The zero-order valence-electron chi connectivity index (χ0n) is 15.2. The highest BCUT2D eigenvalue weighted by atomic mass is 79.9. The summed E-state index contributed by atoms with van der Waals surface area (Å²) in [5.41, 5.74) is 1.51. The van der Waals surface area contributed by atoms with Crippen LogP contribution in [0.25, 0.3) is 6.08 Å². The molecule has 0 aliphatic carbocycles. The van der Waals surface area contributed by atoms with E-state index >= 15 is 0 Å². The van der Waals surface area contributed by atoms with Gasteiger partial charge in [0.2, 0.25) is 0 Å². The minimum Gasteiger partial charge on any atom is -0.491 e. The van der Waals surface area contributed by atoms with Crippen molar-refractivity contribution in [3.63, 3.8) is 0 Å². The molecule has 0 unspecified atom stereocenters. The van der Waals surface area contributed by atoms with E-state index in [1.165, 1.54) is 12.0 Å². The molecule has 1 saturated heterocycles. The number of nitrogens with zero attached hydrogens (tertiary/aromatic N) is 1. The molecule has 0 aromatic heterocycles. The molecule has 2 amide bonds. The summed E-state index contributed by atoms with van der Waals surface area (Å²) in [6.07, 6.45) is 1.64. The first kappa shape index (κ1) is 20.8. The second kappa shape index (κ2) is 9.03. The van der Waals surface area contributed by atoms with Crippen LogP contribution in [0.5, 0.6) is 11.5 Å². The smallest absolute Gasteiger partial charge is 0.293 e. The lowest BCUT2D eigenvalue weighted by Crippen LogP contribution is -2.27. The summed E-state index contributed by atoms with van der Waals surface area (Å²) in [5.74, 6) is 0.578. The predicted octanol–water partition coefficient (Wildman–Crippen LogP) is 5.75. The van der Waals surface area contributed by atoms with Crippen LogP contribution < -0.4 is 9.47 Å². The number of rotatable bonds is 6. The molecule has 146 valence electrons. The van der Waals surface area contributed by atoms with Crippen molar-refractivity contribution in [1.29, 1.82) is 0 Å². The van der Waals surface area contributed by atoms with Crippen LogP contribution in [0.4, 0.5) is 4.79 Å². The Hall–Kier alpha value is -1.96. The van der Waals surface area contributed by atoms with Crippen LogP contribution >= 0.6 is 39.3 Å². The van der Waals surface area contributed by atoms with E-state index in [9.17, 15) is 9.59 Å². The van der Waals surface area contributed by atoms with E-state index in [1.54, 1.807) is 18.2 Å². The van der Waals surface area contributed by atoms with E-state index < -0.39 is 0 Å². The van der Waals surface area contributed by atoms with E-state index in [0.29, 0.717) is 33.6 Å². The number of ether oxygens (including phenoxy) is 2. The van der Waals surface area contributed by atoms with Crippen LogP contribution in [-0.2, 0) is 11.3 Å². The van der Waals surface area contributed by atoms with Gasteiger partial charge in [0.05, 0.1) is 30.2 Å². The number of hydrogen-bond acceptors (Lipinski definition) is 5. The number of methoxy groups -OCH3 is 1. The van der Waals surface area contributed by atoms with Crippen molar-refractivity contribution in [2.75, 3.05) is 13.7 Å². The van der Waals surface area contributed by atoms with E-state index in [-0.39, 0.29) is 17.7 Å². The van der Waals surface area contributed by atoms with Crippen LogP contribution in [0.3, 0.4) is 0 Å². The Kier molecular flexibility index (Phi) is 6.69. The molecule has 0 saturated carbocycles. The molecule has 0 radical (unpaired) electrons. The molecule has 0 spiro atoms. The van der Waals surface area contributed by atoms with Crippen LogP contribution in [-0.4, -0.2) is 29.8 Å². The number of hydrogen-bond donors (Lipinski definition) is 0. The zero-order chi connectivity index (χ0) is 20.3. The lowest BCUT2D eigenvalue weighted by Gasteiger charge is -2.13. The topological polar surface area (TPSA) is 55.8 Å². The first-order valence-electron chi connectivity index (χ1n) is 8.43. The predicted molar refractivity (Wildman–Crippen MR) is 115 cm³/mol. The summed E-state index contributed by atoms with van der Waals surface area (Å²) in [7, 11) is 1.51. The molecule has 2 aromatic rings. The highest BCUT2D eigenvalue weighted by molar-refractivity contribution is 9.10. The molecule has 0 atom stereocenters. The van der Waals surface area contributed by atoms with Crippen molar-refractivity contribution in [2.24, 2.45) is 0 Å². The Bertz CT molecular complexity index is 963. The molecular weight excluding hydrogens is 466 g/mol. The Morgan fingerprint density at radius 2 is 2.00 bits per heavy atom. The Labute approximate surface area is 180 Å². The maximum absolute atomic E-state index is 12.8. The Balaban J connectivity index is 1.88. The number of amides is 2. The number of carbonyl (C=O) groups excluding carboxylic acids is 2. The minimum atomic E-state index is -0.337. The normalized spacial score (nSPS) is 15.4. The van der Waals surface area contributed by atoms with Gasteiger partial charge in [0.1, 0.15) is 0 Å². The SMILES string of the molecule is CCOc1cc(/C=C2\SC(=O)N(Cc3ccccc3Br)C2=O)cc(Cl)c1OC. The second-order valence-electron chi connectivity index (χ2n) is 5.83. The first-order chi connectivity index (χ1) is 13.4. The minimum absolute atomic E-state index is 0.205. The van der Waals surface area contributed by atoms with Gasteiger partial charge in [0.15, 0.2) is 11.5 Å². The van der Waals surface area contributed by atoms with Crippen LogP contribution in [0.15, 0.2) is 45.8 Å². The van der Waals surface area contributed by atoms with Gasteiger partial charge in [-0.1, -0.05) is 45.7 Å². The fourth-order valence-electron chi connectivity index (χ4n) is 2.72. The van der Waals surface area contributed by atoms with Crippen molar-refractivity contribution in [3.8, 4) is 11.5 Å². The molecule has 3 rings (SSSR count). The van der Waals surface area contributed by atoms with Crippen molar-refractivity contribution in [2.45, 2.75) is 13.5 Å². The number of carbonyl (C=O) groups is 2. The molecule has 1 heterocycles.